The molecule has 1 saturated carbocycles. The number of benzene rings is 2. The zero-order valence-electron chi connectivity index (χ0n) is 13.5. The molecule has 2 nitrogen and oxygen atoms in total. The zero-order valence-corrected chi connectivity index (χ0v) is 13.5. The summed E-state index contributed by atoms with van der Waals surface area (Å²) in [5.74, 6) is -21.4. The van der Waals surface area contributed by atoms with Gasteiger partial charge in [-0.3, -0.25) is 0 Å². The standard InChI is InChI=1S/C18H14F6O2/c1-2-12-7-6-10-14(11-12)26-18(24)16(21,22)15(19,20)17(18,23)25-13-8-4-3-5-9-13/h3-11H,2H2,1H3. The number of ether oxygens (including phenoxy) is 2. The highest BCUT2D eigenvalue weighted by atomic mass is 19.3. The van der Waals surface area contributed by atoms with Gasteiger partial charge < -0.3 is 9.47 Å². The first-order valence-corrected chi connectivity index (χ1v) is 7.74. The van der Waals surface area contributed by atoms with E-state index < -0.39 is 35.1 Å². The molecule has 0 heterocycles. The van der Waals surface area contributed by atoms with Gasteiger partial charge in [-0.25, -0.2) is 0 Å². The Balaban J connectivity index is 2.00. The molecule has 0 N–H and O–H groups in total. The van der Waals surface area contributed by atoms with Crippen molar-refractivity contribution in [2.24, 2.45) is 0 Å². The molecule has 0 amide bonds. The average Bonchev–Trinajstić information content (AvgIpc) is 2.61. The van der Waals surface area contributed by atoms with Gasteiger partial charge in [0, 0.05) is 0 Å². The van der Waals surface area contributed by atoms with Crippen molar-refractivity contribution in [3.63, 3.8) is 0 Å². The highest BCUT2D eigenvalue weighted by Gasteiger charge is 3.03. The minimum absolute atomic E-state index is 0.449. The predicted octanol–water partition coefficient (Wildman–Crippen LogP) is 5.32. The number of halogens is 6. The maximum atomic E-state index is 14.9. The van der Waals surface area contributed by atoms with Gasteiger partial charge in [0.25, 0.3) is 0 Å². The first-order valence-electron chi connectivity index (χ1n) is 7.74. The average molecular weight is 376 g/mol. The van der Waals surface area contributed by atoms with Crippen molar-refractivity contribution in [3.8, 4) is 11.5 Å². The molecule has 2 aromatic carbocycles. The van der Waals surface area contributed by atoms with Crippen LogP contribution in [0.1, 0.15) is 12.5 Å². The van der Waals surface area contributed by atoms with Gasteiger partial charge in [0.15, 0.2) is 0 Å². The van der Waals surface area contributed by atoms with Gasteiger partial charge in [-0.1, -0.05) is 37.3 Å². The lowest BCUT2D eigenvalue weighted by Gasteiger charge is -2.55. The normalized spacial score (nSPS) is 28.9. The molecular weight excluding hydrogens is 362 g/mol. The van der Waals surface area contributed by atoms with E-state index in [0.717, 1.165) is 24.3 Å². The fourth-order valence-corrected chi connectivity index (χ4v) is 2.65. The maximum absolute atomic E-state index is 14.9. The molecule has 0 spiro atoms. The highest BCUT2D eigenvalue weighted by molar-refractivity contribution is 5.35. The summed E-state index contributed by atoms with van der Waals surface area (Å²) in [5.41, 5.74) is 0.564. The Bertz CT molecular complexity index is 797. The number of rotatable bonds is 5. The van der Waals surface area contributed by atoms with E-state index in [1.54, 1.807) is 13.0 Å². The fourth-order valence-electron chi connectivity index (χ4n) is 2.65. The Labute approximate surface area is 145 Å². The molecule has 0 aliphatic heterocycles. The molecule has 1 aliphatic rings. The van der Waals surface area contributed by atoms with Crippen LogP contribution >= 0.6 is 0 Å². The van der Waals surface area contributed by atoms with E-state index in [2.05, 4.69) is 9.47 Å². The first-order chi connectivity index (χ1) is 12.1. The van der Waals surface area contributed by atoms with E-state index in [1.165, 1.54) is 24.3 Å². The minimum atomic E-state index is -5.44. The van der Waals surface area contributed by atoms with Gasteiger partial charge >= 0.3 is 23.6 Å². The summed E-state index contributed by atoms with van der Waals surface area (Å²) in [4.78, 5) is 0. The van der Waals surface area contributed by atoms with Gasteiger partial charge in [-0.15, -0.1) is 0 Å². The van der Waals surface area contributed by atoms with Crippen molar-refractivity contribution in [2.45, 2.75) is 36.9 Å². The third-order valence-electron chi connectivity index (χ3n) is 4.18. The van der Waals surface area contributed by atoms with Crippen LogP contribution in [0.5, 0.6) is 11.5 Å². The van der Waals surface area contributed by atoms with Gasteiger partial charge in [0.2, 0.25) is 0 Å². The zero-order chi connectivity index (χ0) is 19.2. The molecule has 0 bridgehead atoms. The van der Waals surface area contributed by atoms with Crippen LogP contribution in [-0.4, -0.2) is 23.6 Å². The molecule has 8 heteroatoms. The Morgan fingerprint density at radius 1 is 0.692 bits per heavy atom. The van der Waals surface area contributed by atoms with E-state index in [1.807, 2.05) is 0 Å². The third kappa shape index (κ3) is 2.27. The van der Waals surface area contributed by atoms with E-state index >= 15 is 0 Å². The van der Waals surface area contributed by atoms with Crippen molar-refractivity contribution < 1.29 is 35.8 Å². The molecule has 2 aromatic rings. The van der Waals surface area contributed by atoms with Crippen LogP contribution in [0.3, 0.4) is 0 Å². The molecule has 0 aromatic heterocycles. The summed E-state index contributed by atoms with van der Waals surface area (Å²) < 4.78 is 93.8. The monoisotopic (exact) mass is 376 g/mol. The van der Waals surface area contributed by atoms with Crippen molar-refractivity contribution in [3.05, 3.63) is 60.2 Å². The van der Waals surface area contributed by atoms with Gasteiger partial charge in [-0.05, 0) is 36.2 Å². The number of aryl methyl sites for hydroxylation is 1. The summed E-state index contributed by atoms with van der Waals surface area (Å²) in [6, 6.07) is 11.3. The van der Waals surface area contributed by atoms with E-state index in [9.17, 15) is 26.3 Å². The molecule has 1 aliphatic carbocycles. The molecule has 26 heavy (non-hydrogen) atoms. The second-order valence-electron chi connectivity index (χ2n) is 5.86. The van der Waals surface area contributed by atoms with Crippen molar-refractivity contribution in [1.82, 2.24) is 0 Å². The highest BCUT2D eigenvalue weighted by Crippen LogP contribution is 2.68. The second-order valence-corrected chi connectivity index (χ2v) is 5.86. The third-order valence-corrected chi connectivity index (χ3v) is 4.18. The lowest BCUT2D eigenvalue weighted by atomic mass is 9.76. The van der Waals surface area contributed by atoms with Gasteiger partial charge in [0.1, 0.15) is 11.5 Å². The van der Waals surface area contributed by atoms with Crippen LogP contribution in [0.2, 0.25) is 0 Å². The fraction of sp³-hybridized carbons (Fsp3) is 0.333. The molecule has 0 radical (unpaired) electrons. The molecule has 3 rings (SSSR count). The predicted molar refractivity (Wildman–Crippen MR) is 81.1 cm³/mol. The smallest absolute Gasteiger partial charge is 0.395 e. The quantitative estimate of drug-likeness (QED) is 0.658. The Morgan fingerprint density at radius 2 is 1.19 bits per heavy atom. The summed E-state index contributed by atoms with van der Waals surface area (Å²) in [6.07, 6.45) is 0.449. The Hall–Kier alpha value is -2.38. The molecule has 1 fully saturated rings. The number of hydrogen-bond donors (Lipinski definition) is 0. The molecule has 2 unspecified atom stereocenters. The largest absolute Gasteiger partial charge is 0.447 e. The van der Waals surface area contributed by atoms with Crippen LogP contribution in [-0.2, 0) is 6.42 Å². The van der Waals surface area contributed by atoms with Crippen LogP contribution in [0, 0.1) is 0 Å². The summed E-state index contributed by atoms with van der Waals surface area (Å²) >= 11 is 0. The SMILES string of the molecule is CCc1cccc(OC2(F)C(F)(F)C(F)(F)C2(F)Oc2ccccc2)c1. The first kappa shape index (κ1) is 18.4. The Kier molecular flexibility index (Phi) is 4.12. The van der Waals surface area contributed by atoms with Crippen LogP contribution in [0.15, 0.2) is 54.6 Å². The lowest BCUT2D eigenvalue weighted by molar-refractivity contribution is -0.527. The summed E-state index contributed by atoms with van der Waals surface area (Å²) in [6.45, 7) is 1.73. The molecule has 2 atom stereocenters. The van der Waals surface area contributed by atoms with Crippen molar-refractivity contribution in [1.29, 1.82) is 0 Å². The van der Waals surface area contributed by atoms with Gasteiger partial charge in [-0.2, -0.15) is 26.3 Å². The summed E-state index contributed by atoms with van der Waals surface area (Å²) in [7, 11) is 0. The molecule has 0 saturated heterocycles. The summed E-state index contributed by atoms with van der Waals surface area (Å²) in [5, 5.41) is 0. The van der Waals surface area contributed by atoms with E-state index in [-0.39, 0.29) is 0 Å². The van der Waals surface area contributed by atoms with E-state index in [4.69, 9.17) is 0 Å². The minimum Gasteiger partial charge on any atom is -0.447 e. The van der Waals surface area contributed by atoms with Crippen LogP contribution < -0.4 is 9.47 Å². The van der Waals surface area contributed by atoms with E-state index in [0.29, 0.717) is 12.0 Å². The lowest BCUT2D eigenvalue weighted by Crippen LogP contribution is -2.89. The number of para-hydroxylation sites is 1. The topological polar surface area (TPSA) is 18.5 Å². The Morgan fingerprint density at radius 3 is 1.73 bits per heavy atom. The van der Waals surface area contributed by atoms with Crippen molar-refractivity contribution in [2.75, 3.05) is 0 Å². The second kappa shape index (κ2) is 5.82. The maximum Gasteiger partial charge on any atom is 0.395 e. The van der Waals surface area contributed by atoms with Crippen LogP contribution in [0.4, 0.5) is 26.3 Å². The number of hydrogen-bond acceptors (Lipinski definition) is 2. The molecule has 140 valence electrons. The number of alkyl halides is 6. The molecular formula is C18H14F6O2. The van der Waals surface area contributed by atoms with Crippen molar-refractivity contribution >= 4 is 0 Å². The van der Waals surface area contributed by atoms with Crippen LogP contribution in [0.25, 0.3) is 0 Å². The van der Waals surface area contributed by atoms with Gasteiger partial charge in [0.05, 0.1) is 0 Å².